The third kappa shape index (κ3) is 39.6. The standard InChI is InChI=1S/C46H88O6/c1-5-7-9-11-13-15-16-17-18-22-26-30-34-38-45(48)51-41-43(40-50-44(47)37-33-29-25-20-14-12-10-8-6-2)52-46(49)39-35-31-27-23-19-21-24-28-32-36-42(3)4/h42-43H,5-41H2,1-4H3/t43-/m0/s1. The van der Waals surface area contributed by atoms with Crippen LogP contribution in [-0.4, -0.2) is 37.2 Å². The lowest BCUT2D eigenvalue weighted by Gasteiger charge is -2.18. The highest BCUT2D eigenvalue weighted by Crippen LogP contribution is 2.16. The Morgan fingerprint density at radius 2 is 0.635 bits per heavy atom. The van der Waals surface area contributed by atoms with Gasteiger partial charge in [0.1, 0.15) is 13.2 Å². The van der Waals surface area contributed by atoms with Crippen molar-refractivity contribution in [2.75, 3.05) is 13.2 Å². The van der Waals surface area contributed by atoms with Gasteiger partial charge in [0, 0.05) is 19.3 Å². The van der Waals surface area contributed by atoms with Gasteiger partial charge in [-0.15, -0.1) is 0 Å². The number of unbranched alkanes of at least 4 members (excludes halogenated alkanes) is 28. The SMILES string of the molecule is CCCCCCCCCCCCCCCC(=O)OC[C@H](COC(=O)CCCCCCCCCCC)OC(=O)CCCCCCCCCCCC(C)C. The van der Waals surface area contributed by atoms with Crippen molar-refractivity contribution in [3.63, 3.8) is 0 Å². The van der Waals surface area contributed by atoms with Crippen LogP contribution in [0.2, 0.25) is 0 Å². The van der Waals surface area contributed by atoms with Crippen molar-refractivity contribution in [1.82, 2.24) is 0 Å². The van der Waals surface area contributed by atoms with E-state index in [1.165, 1.54) is 148 Å². The predicted molar refractivity (Wildman–Crippen MR) is 220 cm³/mol. The predicted octanol–water partition coefficient (Wildman–Crippen LogP) is 14.3. The highest BCUT2D eigenvalue weighted by molar-refractivity contribution is 5.71. The molecule has 0 aromatic heterocycles. The van der Waals surface area contributed by atoms with Crippen LogP contribution in [-0.2, 0) is 28.6 Å². The molecular weight excluding hydrogens is 648 g/mol. The fourth-order valence-corrected chi connectivity index (χ4v) is 6.80. The van der Waals surface area contributed by atoms with Crippen LogP contribution in [0.15, 0.2) is 0 Å². The topological polar surface area (TPSA) is 78.9 Å². The summed E-state index contributed by atoms with van der Waals surface area (Å²) >= 11 is 0. The smallest absolute Gasteiger partial charge is 0.306 e. The van der Waals surface area contributed by atoms with Crippen LogP contribution in [0.1, 0.15) is 252 Å². The molecule has 6 heteroatoms. The minimum absolute atomic E-state index is 0.0640. The van der Waals surface area contributed by atoms with E-state index in [9.17, 15) is 14.4 Å². The van der Waals surface area contributed by atoms with Crippen molar-refractivity contribution in [2.24, 2.45) is 5.92 Å². The van der Waals surface area contributed by atoms with Gasteiger partial charge in [-0.3, -0.25) is 14.4 Å². The Morgan fingerprint density at radius 1 is 0.365 bits per heavy atom. The zero-order valence-electron chi connectivity index (χ0n) is 35.3. The molecule has 52 heavy (non-hydrogen) atoms. The van der Waals surface area contributed by atoms with Crippen molar-refractivity contribution in [3.05, 3.63) is 0 Å². The van der Waals surface area contributed by atoms with Gasteiger partial charge in [-0.1, -0.05) is 214 Å². The number of rotatable bonds is 41. The Labute approximate surface area is 323 Å². The Balaban J connectivity index is 4.31. The van der Waals surface area contributed by atoms with Crippen LogP contribution in [0.5, 0.6) is 0 Å². The first-order valence-corrected chi connectivity index (χ1v) is 22.9. The second-order valence-corrected chi connectivity index (χ2v) is 16.2. The van der Waals surface area contributed by atoms with Gasteiger partial charge in [-0.25, -0.2) is 0 Å². The molecule has 0 radical (unpaired) electrons. The molecule has 6 nitrogen and oxygen atoms in total. The van der Waals surface area contributed by atoms with Crippen LogP contribution in [0.4, 0.5) is 0 Å². The van der Waals surface area contributed by atoms with Gasteiger partial charge in [0.25, 0.3) is 0 Å². The van der Waals surface area contributed by atoms with Gasteiger partial charge in [-0.05, 0) is 25.2 Å². The highest BCUT2D eigenvalue weighted by Gasteiger charge is 2.19. The van der Waals surface area contributed by atoms with E-state index < -0.39 is 6.10 Å². The molecule has 0 N–H and O–H groups in total. The van der Waals surface area contributed by atoms with Crippen molar-refractivity contribution in [2.45, 2.75) is 259 Å². The molecule has 0 spiro atoms. The van der Waals surface area contributed by atoms with E-state index in [0.717, 1.165) is 63.7 Å². The van der Waals surface area contributed by atoms with Gasteiger partial charge in [0.05, 0.1) is 0 Å². The van der Waals surface area contributed by atoms with E-state index >= 15 is 0 Å². The molecule has 0 aromatic rings. The highest BCUT2D eigenvalue weighted by atomic mass is 16.6. The molecule has 0 aromatic carbocycles. The second kappa shape index (κ2) is 40.6. The molecular formula is C46H88O6. The monoisotopic (exact) mass is 737 g/mol. The van der Waals surface area contributed by atoms with Crippen molar-refractivity contribution in [3.8, 4) is 0 Å². The number of hydrogen-bond acceptors (Lipinski definition) is 6. The fraction of sp³-hybridized carbons (Fsp3) is 0.935. The number of carbonyl (C=O) groups excluding carboxylic acids is 3. The Bertz CT molecular complexity index is 781. The molecule has 0 amide bonds. The Hall–Kier alpha value is -1.59. The van der Waals surface area contributed by atoms with Crippen molar-refractivity contribution < 1.29 is 28.6 Å². The first-order chi connectivity index (χ1) is 25.4. The molecule has 0 fully saturated rings. The number of ether oxygens (including phenoxy) is 3. The lowest BCUT2D eigenvalue weighted by atomic mass is 10.0. The summed E-state index contributed by atoms with van der Waals surface area (Å²) in [6.45, 7) is 8.96. The van der Waals surface area contributed by atoms with E-state index in [2.05, 4.69) is 27.7 Å². The average Bonchev–Trinajstić information content (AvgIpc) is 3.12. The van der Waals surface area contributed by atoms with Crippen molar-refractivity contribution in [1.29, 1.82) is 0 Å². The minimum atomic E-state index is -0.758. The number of carbonyl (C=O) groups is 3. The van der Waals surface area contributed by atoms with Gasteiger partial charge in [0.15, 0.2) is 6.10 Å². The normalized spacial score (nSPS) is 11.9. The second-order valence-electron chi connectivity index (χ2n) is 16.2. The maximum Gasteiger partial charge on any atom is 0.306 e. The molecule has 0 saturated heterocycles. The molecule has 0 aliphatic carbocycles. The zero-order chi connectivity index (χ0) is 38.2. The summed E-state index contributed by atoms with van der Waals surface area (Å²) in [4.78, 5) is 37.6. The fourth-order valence-electron chi connectivity index (χ4n) is 6.80. The van der Waals surface area contributed by atoms with Crippen LogP contribution in [0.3, 0.4) is 0 Å². The zero-order valence-corrected chi connectivity index (χ0v) is 35.3. The molecule has 308 valence electrons. The first kappa shape index (κ1) is 50.4. The number of esters is 3. The minimum Gasteiger partial charge on any atom is -0.462 e. The first-order valence-electron chi connectivity index (χ1n) is 22.9. The van der Waals surface area contributed by atoms with E-state index in [-0.39, 0.29) is 31.1 Å². The molecule has 0 rings (SSSR count). The lowest BCUT2D eigenvalue weighted by molar-refractivity contribution is -0.167. The summed E-state index contributed by atoms with van der Waals surface area (Å²) in [6, 6.07) is 0. The molecule has 0 unspecified atom stereocenters. The summed E-state index contributed by atoms with van der Waals surface area (Å²) in [7, 11) is 0. The van der Waals surface area contributed by atoms with Gasteiger partial charge >= 0.3 is 17.9 Å². The molecule has 0 aliphatic rings. The lowest BCUT2D eigenvalue weighted by Crippen LogP contribution is -2.30. The molecule has 0 saturated carbocycles. The molecule has 0 aliphatic heterocycles. The molecule has 0 heterocycles. The van der Waals surface area contributed by atoms with Gasteiger partial charge < -0.3 is 14.2 Å². The maximum atomic E-state index is 12.7. The quantitative estimate of drug-likeness (QED) is 0.0353. The van der Waals surface area contributed by atoms with E-state index in [1.54, 1.807) is 0 Å². The van der Waals surface area contributed by atoms with Gasteiger partial charge in [0.2, 0.25) is 0 Å². The van der Waals surface area contributed by atoms with E-state index in [0.29, 0.717) is 19.3 Å². The van der Waals surface area contributed by atoms with Crippen LogP contribution in [0.25, 0.3) is 0 Å². The summed E-state index contributed by atoms with van der Waals surface area (Å²) in [6.07, 6.45) is 39.4. The molecule has 0 bridgehead atoms. The number of hydrogen-bond donors (Lipinski definition) is 0. The average molecular weight is 737 g/mol. The molecule has 1 atom stereocenters. The third-order valence-corrected chi connectivity index (χ3v) is 10.3. The summed E-state index contributed by atoms with van der Waals surface area (Å²) in [5.74, 6) is -0.0508. The summed E-state index contributed by atoms with van der Waals surface area (Å²) in [5, 5.41) is 0. The third-order valence-electron chi connectivity index (χ3n) is 10.3. The van der Waals surface area contributed by atoms with Crippen LogP contribution < -0.4 is 0 Å². The van der Waals surface area contributed by atoms with Crippen molar-refractivity contribution >= 4 is 17.9 Å². The van der Waals surface area contributed by atoms with E-state index in [4.69, 9.17) is 14.2 Å². The largest absolute Gasteiger partial charge is 0.462 e. The van der Waals surface area contributed by atoms with Crippen LogP contribution in [0, 0.1) is 5.92 Å². The van der Waals surface area contributed by atoms with Gasteiger partial charge in [-0.2, -0.15) is 0 Å². The Morgan fingerprint density at radius 3 is 0.942 bits per heavy atom. The Kier molecular flexibility index (Phi) is 39.4. The summed E-state index contributed by atoms with van der Waals surface area (Å²) in [5.41, 5.74) is 0. The summed E-state index contributed by atoms with van der Waals surface area (Å²) < 4.78 is 16.7. The maximum absolute atomic E-state index is 12.7. The van der Waals surface area contributed by atoms with Crippen LogP contribution >= 0.6 is 0 Å². The van der Waals surface area contributed by atoms with E-state index in [1.807, 2.05) is 0 Å².